The molecule has 1 aliphatic rings. The third-order valence-corrected chi connectivity index (χ3v) is 9.31. The lowest BCUT2D eigenvalue weighted by Gasteiger charge is -2.30. The van der Waals surface area contributed by atoms with Gasteiger partial charge in [-0.2, -0.15) is 0 Å². The second-order valence-corrected chi connectivity index (χ2v) is 12.9. The molecule has 0 unspecified atom stereocenters. The van der Waals surface area contributed by atoms with Crippen molar-refractivity contribution in [3.05, 3.63) is 124 Å². The van der Waals surface area contributed by atoms with E-state index in [2.05, 4.69) is 9.71 Å². The van der Waals surface area contributed by atoms with Crippen molar-refractivity contribution in [3.63, 3.8) is 0 Å². The Morgan fingerprint density at radius 3 is 2.52 bits per heavy atom. The third kappa shape index (κ3) is 6.94. The molecule has 2 atom stereocenters. The Labute approximate surface area is 247 Å². The molecule has 6 nitrogen and oxygen atoms in total. The Morgan fingerprint density at radius 1 is 1.02 bits per heavy atom. The lowest BCUT2D eigenvalue weighted by molar-refractivity contribution is -0.119. The molecule has 4 aromatic rings. The van der Waals surface area contributed by atoms with E-state index in [1.165, 1.54) is 12.1 Å². The van der Waals surface area contributed by atoms with Gasteiger partial charge >= 0.3 is 0 Å². The minimum atomic E-state index is -3.74. The number of sulfonamides is 1. The van der Waals surface area contributed by atoms with Crippen LogP contribution in [0.15, 0.2) is 89.8 Å². The van der Waals surface area contributed by atoms with Crippen LogP contribution in [0.25, 0.3) is 0 Å². The Kier molecular flexibility index (Phi) is 8.85. The smallest absolute Gasteiger partial charge is 0.241 e. The maximum Gasteiger partial charge on any atom is 0.241 e. The number of hydrogen-bond acceptors (Lipinski definition) is 4. The van der Waals surface area contributed by atoms with E-state index in [0.717, 1.165) is 46.5 Å². The van der Waals surface area contributed by atoms with E-state index in [1.807, 2.05) is 63.2 Å². The summed E-state index contributed by atoms with van der Waals surface area (Å²) < 4.78 is 43.1. The van der Waals surface area contributed by atoms with Crippen LogP contribution in [0.5, 0.6) is 0 Å². The first-order chi connectivity index (χ1) is 20.1. The molecule has 0 spiro atoms. The zero-order chi connectivity index (χ0) is 29.9. The summed E-state index contributed by atoms with van der Waals surface area (Å²) in [5.74, 6) is -0.536. The van der Waals surface area contributed by atoms with Crippen molar-refractivity contribution in [3.8, 4) is 0 Å². The molecule has 0 bridgehead atoms. The van der Waals surface area contributed by atoms with Crippen molar-refractivity contribution >= 4 is 21.6 Å². The van der Waals surface area contributed by atoms with Gasteiger partial charge in [0.2, 0.25) is 15.9 Å². The van der Waals surface area contributed by atoms with Crippen molar-refractivity contribution < 1.29 is 17.6 Å². The van der Waals surface area contributed by atoms with Gasteiger partial charge in [0, 0.05) is 23.8 Å². The van der Waals surface area contributed by atoms with E-state index in [-0.39, 0.29) is 35.5 Å². The molecule has 0 fully saturated rings. The number of aryl methyl sites for hydroxylation is 3. The quantitative estimate of drug-likeness (QED) is 0.231. The van der Waals surface area contributed by atoms with Crippen LogP contribution >= 0.6 is 0 Å². The molecule has 218 valence electrons. The summed E-state index contributed by atoms with van der Waals surface area (Å²) in [4.78, 5) is 20.5. The van der Waals surface area contributed by atoms with Crippen molar-refractivity contribution in [1.82, 2.24) is 9.71 Å². The molecule has 42 heavy (non-hydrogen) atoms. The fourth-order valence-electron chi connectivity index (χ4n) is 5.57. The van der Waals surface area contributed by atoms with Crippen LogP contribution in [0.3, 0.4) is 0 Å². The summed E-state index contributed by atoms with van der Waals surface area (Å²) in [7, 11) is -3.74. The SMILES string of the molecule is Cc1cccc(S(=O)(=O)N[C@@H]2CCCc3ccc(N(Cc4cccc(C)n4)C(=O)C[C@H](C)c4ccc(F)cc4)cc32)c1. The molecular weight excluding hydrogens is 549 g/mol. The van der Waals surface area contributed by atoms with Crippen molar-refractivity contribution in [1.29, 1.82) is 0 Å². The predicted molar refractivity (Wildman–Crippen MR) is 163 cm³/mol. The summed E-state index contributed by atoms with van der Waals surface area (Å²) in [5.41, 5.74) is 6.02. The maximum absolute atomic E-state index is 13.9. The number of rotatable bonds is 9. The highest BCUT2D eigenvalue weighted by Gasteiger charge is 2.28. The number of aromatic nitrogens is 1. The number of carbonyl (C=O) groups excluding carboxylic acids is 1. The molecule has 1 aliphatic carbocycles. The number of carbonyl (C=O) groups is 1. The van der Waals surface area contributed by atoms with E-state index in [4.69, 9.17) is 0 Å². The number of nitrogens with zero attached hydrogens (tertiary/aromatic N) is 2. The topological polar surface area (TPSA) is 79.4 Å². The molecule has 8 heteroatoms. The minimum Gasteiger partial charge on any atom is -0.306 e. The third-order valence-electron chi connectivity index (χ3n) is 7.84. The van der Waals surface area contributed by atoms with Gasteiger partial charge in [-0.15, -0.1) is 0 Å². The van der Waals surface area contributed by atoms with E-state index in [1.54, 1.807) is 35.2 Å². The Bertz CT molecular complexity index is 1690. The van der Waals surface area contributed by atoms with Gasteiger partial charge in [-0.05, 0) is 110 Å². The fourth-order valence-corrected chi connectivity index (χ4v) is 6.92. The van der Waals surface area contributed by atoms with Gasteiger partial charge in [0.1, 0.15) is 5.82 Å². The molecule has 0 radical (unpaired) electrons. The number of anilines is 1. The van der Waals surface area contributed by atoms with E-state index in [0.29, 0.717) is 12.1 Å². The highest BCUT2D eigenvalue weighted by molar-refractivity contribution is 7.89. The monoisotopic (exact) mass is 585 g/mol. The zero-order valence-corrected chi connectivity index (χ0v) is 25.0. The first-order valence-electron chi connectivity index (χ1n) is 14.3. The first kappa shape index (κ1) is 29.6. The minimum absolute atomic E-state index is 0.0946. The Morgan fingerprint density at radius 2 is 1.79 bits per heavy atom. The summed E-state index contributed by atoms with van der Waals surface area (Å²) in [6, 6.07) is 24.3. The molecule has 0 aliphatic heterocycles. The normalized spacial score (nSPS) is 15.6. The van der Waals surface area contributed by atoms with Crippen molar-refractivity contribution in [2.45, 2.75) is 69.9 Å². The fraction of sp³-hybridized carbons (Fsp3) is 0.294. The van der Waals surface area contributed by atoms with Crippen molar-refractivity contribution in [2.24, 2.45) is 0 Å². The van der Waals surface area contributed by atoms with Gasteiger partial charge in [0.25, 0.3) is 0 Å². The molecule has 5 rings (SSSR count). The predicted octanol–water partition coefficient (Wildman–Crippen LogP) is 6.92. The standard InChI is InChI=1S/C34H36FN3O3S/c1-23-7-4-11-31(19-23)42(40,41)37-33-12-6-9-27-15-18-30(21-32(27)33)38(22-29-10-5-8-25(3)36-29)34(39)20-24(2)26-13-16-28(35)17-14-26/h4-5,7-8,10-11,13-19,21,24,33,37H,6,9,12,20,22H2,1-3H3/t24-,33+/m0/s1. The lowest BCUT2D eigenvalue weighted by Crippen LogP contribution is -2.33. The highest BCUT2D eigenvalue weighted by Crippen LogP contribution is 2.35. The molecule has 1 amide bonds. The highest BCUT2D eigenvalue weighted by atomic mass is 32.2. The number of benzene rings is 3. The summed E-state index contributed by atoms with van der Waals surface area (Å²) >= 11 is 0. The number of fused-ring (bicyclic) bond motifs is 1. The lowest BCUT2D eigenvalue weighted by atomic mass is 9.87. The summed E-state index contributed by atoms with van der Waals surface area (Å²) in [6.07, 6.45) is 2.58. The number of hydrogen-bond donors (Lipinski definition) is 1. The van der Waals surface area contributed by atoms with Gasteiger partial charge in [-0.1, -0.05) is 43.3 Å². The van der Waals surface area contributed by atoms with Crippen LogP contribution in [0.4, 0.5) is 10.1 Å². The molecular formula is C34H36FN3O3S. The molecule has 0 saturated heterocycles. The van der Waals surface area contributed by atoms with Gasteiger partial charge in [0.05, 0.1) is 17.1 Å². The van der Waals surface area contributed by atoms with E-state index >= 15 is 0 Å². The van der Waals surface area contributed by atoms with E-state index < -0.39 is 16.1 Å². The Hall–Kier alpha value is -3.88. The first-order valence-corrected chi connectivity index (χ1v) is 15.8. The second-order valence-electron chi connectivity index (χ2n) is 11.2. The second kappa shape index (κ2) is 12.5. The number of nitrogens with one attached hydrogen (secondary N) is 1. The number of pyridine rings is 1. The maximum atomic E-state index is 13.9. The number of halogens is 1. The van der Waals surface area contributed by atoms with Gasteiger partial charge in [-0.3, -0.25) is 9.78 Å². The molecule has 1 heterocycles. The zero-order valence-electron chi connectivity index (χ0n) is 24.2. The largest absolute Gasteiger partial charge is 0.306 e. The van der Waals surface area contributed by atoms with E-state index in [9.17, 15) is 17.6 Å². The summed E-state index contributed by atoms with van der Waals surface area (Å²) in [6.45, 7) is 6.01. The van der Waals surface area contributed by atoms with Crippen LogP contribution in [-0.4, -0.2) is 19.3 Å². The molecule has 1 N–H and O–H groups in total. The average molecular weight is 586 g/mol. The molecule has 0 saturated carbocycles. The Balaban J connectivity index is 1.47. The molecule has 1 aromatic heterocycles. The van der Waals surface area contributed by atoms with Crippen LogP contribution in [-0.2, 0) is 27.8 Å². The van der Waals surface area contributed by atoms with Crippen LogP contribution in [0.2, 0.25) is 0 Å². The van der Waals surface area contributed by atoms with Crippen molar-refractivity contribution in [2.75, 3.05) is 4.90 Å². The van der Waals surface area contributed by atoms with Crippen LogP contribution < -0.4 is 9.62 Å². The average Bonchev–Trinajstić information content (AvgIpc) is 2.96. The van der Waals surface area contributed by atoms with Crippen LogP contribution in [0.1, 0.15) is 71.8 Å². The molecule has 3 aromatic carbocycles. The number of amides is 1. The van der Waals surface area contributed by atoms with Gasteiger partial charge in [-0.25, -0.2) is 17.5 Å². The van der Waals surface area contributed by atoms with Gasteiger partial charge in [0.15, 0.2) is 0 Å². The van der Waals surface area contributed by atoms with Gasteiger partial charge < -0.3 is 4.90 Å². The van der Waals surface area contributed by atoms with Crippen LogP contribution in [0, 0.1) is 19.7 Å². The summed E-state index contributed by atoms with van der Waals surface area (Å²) in [5, 5.41) is 0.